The first-order valence-electron chi connectivity index (χ1n) is 8.78. The fraction of sp³-hybridized carbons (Fsp3) is 0.632. The maximum absolute atomic E-state index is 12.1. The van der Waals surface area contributed by atoms with Crippen molar-refractivity contribution in [2.45, 2.75) is 63.1 Å². The molecule has 0 saturated carbocycles. The Labute approximate surface area is 157 Å². The Bertz CT molecular complexity index is 598. The third-order valence-electron chi connectivity index (χ3n) is 5.29. The lowest BCUT2D eigenvalue weighted by molar-refractivity contribution is -0.136. The highest BCUT2D eigenvalue weighted by Crippen LogP contribution is 2.40. The molecule has 0 aliphatic carbocycles. The molecule has 1 saturated heterocycles. The average molecular weight is 382 g/mol. The van der Waals surface area contributed by atoms with E-state index in [9.17, 15) is 4.79 Å². The van der Waals surface area contributed by atoms with Crippen molar-refractivity contribution >= 4 is 26.0 Å². The highest BCUT2D eigenvalue weighted by molar-refractivity contribution is 7.99. The molecule has 140 valence electrons. The van der Waals surface area contributed by atoms with Crippen molar-refractivity contribution in [2.24, 2.45) is 5.92 Å². The number of thioether (sulfide) groups is 1. The molecule has 2 rings (SSSR count). The number of carbonyl (C=O) groups excluding carboxylic acids is 1. The molecule has 3 atom stereocenters. The molecule has 1 heterocycles. The van der Waals surface area contributed by atoms with Crippen LogP contribution in [0.15, 0.2) is 24.3 Å². The van der Waals surface area contributed by atoms with Crippen LogP contribution in [-0.4, -0.2) is 32.8 Å². The predicted octanol–water partition coefficient (Wildman–Crippen LogP) is 4.41. The van der Waals surface area contributed by atoms with Crippen LogP contribution in [0.5, 0.6) is 5.75 Å². The SMILES string of the molecule is COc1ccc(CS[C@H]2NC(=O)[C@@H]2[C@@H](C)O[Si](C)(C)C(C)(C)C)cc1. The molecule has 1 N–H and O–H groups in total. The van der Waals surface area contributed by atoms with E-state index in [0.717, 1.165) is 11.5 Å². The minimum Gasteiger partial charge on any atom is -0.497 e. The Morgan fingerprint density at radius 2 is 1.84 bits per heavy atom. The lowest BCUT2D eigenvalue weighted by atomic mass is 9.96. The van der Waals surface area contributed by atoms with Crippen molar-refractivity contribution in [3.63, 3.8) is 0 Å². The molecule has 1 aromatic carbocycles. The van der Waals surface area contributed by atoms with Crippen molar-refractivity contribution in [2.75, 3.05) is 7.11 Å². The molecular weight excluding hydrogens is 350 g/mol. The zero-order valence-electron chi connectivity index (χ0n) is 16.4. The molecule has 25 heavy (non-hydrogen) atoms. The van der Waals surface area contributed by atoms with Gasteiger partial charge in [0.25, 0.3) is 0 Å². The number of amides is 1. The van der Waals surface area contributed by atoms with E-state index in [-0.39, 0.29) is 28.3 Å². The molecule has 0 spiro atoms. The van der Waals surface area contributed by atoms with Crippen molar-refractivity contribution < 1.29 is 14.0 Å². The summed E-state index contributed by atoms with van der Waals surface area (Å²) in [4.78, 5) is 12.1. The summed E-state index contributed by atoms with van der Waals surface area (Å²) >= 11 is 1.77. The second-order valence-electron chi connectivity index (χ2n) is 8.20. The topological polar surface area (TPSA) is 47.6 Å². The Morgan fingerprint density at radius 1 is 1.24 bits per heavy atom. The smallest absolute Gasteiger partial charge is 0.229 e. The number of nitrogens with one attached hydrogen (secondary N) is 1. The number of carbonyl (C=O) groups is 1. The Morgan fingerprint density at radius 3 is 2.32 bits per heavy atom. The summed E-state index contributed by atoms with van der Waals surface area (Å²) in [5.74, 6) is 1.76. The largest absolute Gasteiger partial charge is 0.497 e. The van der Waals surface area contributed by atoms with Gasteiger partial charge in [-0.15, -0.1) is 11.8 Å². The van der Waals surface area contributed by atoms with E-state index in [2.05, 4.69) is 51.3 Å². The number of ether oxygens (including phenoxy) is 1. The van der Waals surface area contributed by atoms with Crippen LogP contribution in [0.25, 0.3) is 0 Å². The number of β-lactam (4-membered cyclic amide) rings is 1. The van der Waals surface area contributed by atoms with E-state index in [1.807, 2.05) is 19.1 Å². The molecule has 0 bridgehead atoms. The van der Waals surface area contributed by atoms with Crippen LogP contribution in [0.4, 0.5) is 0 Å². The van der Waals surface area contributed by atoms with Crippen LogP contribution >= 0.6 is 11.8 Å². The Kier molecular flexibility index (Phi) is 6.28. The zero-order valence-corrected chi connectivity index (χ0v) is 18.2. The van der Waals surface area contributed by atoms with Gasteiger partial charge in [0.2, 0.25) is 5.91 Å². The van der Waals surface area contributed by atoms with E-state index in [1.165, 1.54) is 5.56 Å². The second kappa shape index (κ2) is 7.72. The van der Waals surface area contributed by atoms with E-state index in [4.69, 9.17) is 9.16 Å². The van der Waals surface area contributed by atoms with E-state index < -0.39 is 8.32 Å². The summed E-state index contributed by atoms with van der Waals surface area (Å²) in [5.41, 5.74) is 1.23. The molecule has 1 fully saturated rings. The van der Waals surface area contributed by atoms with Crippen molar-refractivity contribution in [1.82, 2.24) is 5.32 Å². The van der Waals surface area contributed by atoms with Crippen LogP contribution in [0.2, 0.25) is 18.1 Å². The van der Waals surface area contributed by atoms with Gasteiger partial charge in [-0.05, 0) is 42.8 Å². The lowest BCUT2D eigenvalue weighted by Gasteiger charge is -2.45. The Hall–Kier alpha value is -0.983. The maximum Gasteiger partial charge on any atom is 0.229 e. The molecule has 4 nitrogen and oxygen atoms in total. The number of hydrogen-bond donors (Lipinski definition) is 1. The standard InChI is InChI=1S/C19H31NO3SSi/c1-13(23-25(6,7)19(2,3)4)16-17(21)20-18(16)24-12-14-8-10-15(22-5)11-9-14/h8-11,13,16,18H,12H2,1-7H3,(H,20,21)/t13-,16+,18-/m1/s1. The average Bonchev–Trinajstić information content (AvgIpc) is 2.49. The van der Waals surface area contributed by atoms with Crippen LogP contribution in [0.1, 0.15) is 33.3 Å². The molecular formula is C19H31NO3SSi. The summed E-state index contributed by atoms with van der Waals surface area (Å²) in [6.45, 7) is 13.2. The normalized spacial score (nSPS) is 22.1. The summed E-state index contributed by atoms with van der Waals surface area (Å²) in [6, 6.07) is 8.07. The third-order valence-corrected chi connectivity index (χ3v) is 11.1. The monoisotopic (exact) mass is 381 g/mol. The van der Waals surface area contributed by atoms with Gasteiger partial charge in [0.15, 0.2) is 8.32 Å². The van der Waals surface area contributed by atoms with E-state index >= 15 is 0 Å². The van der Waals surface area contributed by atoms with Gasteiger partial charge in [-0.25, -0.2) is 0 Å². The van der Waals surface area contributed by atoms with Crippen LogP contribution in [0.3, 0.4) is 0 Å². The highest BCUT2D eigenvalue weighted by atomic mass is 32.2. The van der Waals surface area contributed by atoms with Gasteiger partial charge < -0.3 is 14.5 Å². The highest BCUT2D eigenvalue weighted by Gasteiger charge is 2.47. The second-order valence-corrected chi connectivity index (χ2v) is 14.1. The molecule has 1 aliphatic heterocycles. The maximum atomic E-state index is 12.1. The van der Waals surface area contributed by atoms with Gasteiger partial charge in [-0.3, -0.25) is 4.79 Å². The minimum absolute atomic E-state index is 0.0528. The number of hydrogen-bond acceptors (Lipinski definition) is 4. The van der Waals surface area contributed by atoms with Crippen LogP contribution in [-0.2, 0) is 15.0 Å². The molecule has 1 amide bonds. The molecule has 1 aliphatic rings. The van der Waals surface area contributed by atoms with Crippen LogP contribution in [0, 0.1) is 5.92 Å². The van der Waals surface area contributed by atoms with Gasteiger partial charge >= 0.3 is 0 Å². The van der Waals surface area contributed by atoms with Gasteiger partial charge in [-0.2, -0.15) is 0 Å². The van der Waals surface area contributed by atoms with Crippen molar-refractivity contribution in [1.29, 1.82) is 0 Å². The summed E-state index contributed by atoms with van der Waals surface area (Å²) in [6.07, 6.45) is -0.0528. The first kappa shape index (κ1) is 20.3. The predicted molar refractivity (Wildman–Crippen MR) is 107 cm³/mol. The summed E-state index contributed by atoms with van der Waals surface area (Å²) < 4.78 is 11.6. The van der Waals surface area contributed by atoms with Crippen molar-refractivity contribution in [3.05, 3.63) is 29.8 Å². The number of benzene rings is 1. The quantitative estimate of drug-likeness (QED) is 0.561. The molecule has 0 aromatic heterocycles. The van der Waals surface area contributed by atoms with Crippen LogP contribution < -0.4 is 10.1 Å². The van der Waals surface area contributed by atoms with Gasteiger partial charge in [-0.1, -0.05) is 32.9 Å². The molecule has 1 aromatic rings. The number of methoxy groups -OCH3 is 1. The summed E-state index contributed by atoms with van der Waals surface area (Å²) in [5, 5.41) is 3.29. The zero-order chi connectivity index (χ0) is 18.8. The third kappa shape index (κ3) is 4.80. The molecule has 0 unspecified atom stereocenters. The first-order valence-corrected chi connectivity index (χ1v) is 12.7. The molecule has 0 radical (unpaired) electrons. The summed E-state index contributed by atoms with van der Waals surface area (Å²) in [7, 11) is -0.204. The van der Waals surface area contributed by atoms with Gasteiger partial charge in [0.1, 0.15) is 5.75 Å². The van der Waals surface area contributed by atoms with Gasteiger partial charge in [0, 0.05) is 5.75 Å². The number of rotatable bonds is 7. The lowest BCUT2D eigenvalue weighted by Crippen LogP contribution is -2.62. The van der Waals surface area contributed by atoms with E-state index in [0.29, 0.717) is 0 Å². The Balaban J connectivity index is 1.93. The fourth-order valence-electron chi connectivity index (χ4n) is 2.59. The van der Waals surface area contributed by atoms with E-state index in [1.54, 1.807) is 18.9 Å². The molecule has 6 heteroatoms. The van der Waals surface area contributed by atoms with Gasteiger partial charge in [0.05, 0.1) is 24.5 Å². The minimum atomic E-state index is -1.87. The first-order chi connectivity index (χ1) is 11.5. The van der Waals surface area contributed by atoms with Crippen molar-refractivity contribution in [3.8, 4) is 5.75 Å². The fourth-order valence-corrected chi connectivity index (χ4v) is 5.34.